The maximum atomic E-state index is 12.6. The molecule has 0 aliphatic heterocycles. The summed E-state index contributed by atoms with van der Waals surface area (Å²) in [5.74, 6) is 0.699. The van der Waals surface area contributed by atoms with Crippen molar-refractivity contribution in [2.24, 2.45) is 5.73 Å². The van der Waals surface area contributed by atoms with Gasteiger partial charge in [0.2, 0.25) is 10.0 Å². The van der Waals surface area contributed by atoms with Gasteiger partial charge in [0, 0.05) is 36.0 Å². The van der Waals surface area contributed by atoms with Gasteiger partial charge in [-0.1, -0.05) is 23.2 Å². The van der Waals surface area contributed by atoms with Gasteiger partial charge in [-0.3, -0.25) is 0 Å². The zero-order chi connectivity index (χ0) is 15.5. The molecule has 0 aliphatic carbocycles. The molecule has 1 aromatic carbocycles. The van der Waals surface area contributed by atoms with Crippen LogP contribution in [-0.4, -0.2) is 37.8 Å². The zero-order valence-electron chi connectivity index (χ0n) is 11.6. The summed E-state index contributed by atoms with van der Waals surface area (Å²) < 4.78 is 26.5. The number of hydrogen-bond acceptors (Lipinski definition) is 4. The van der Waals surface area contributed by atoms with Crippen molar-refractivity contribution in [3.05, 3.63) is 27.7 Å². The SMILES string of the molecule is CSCC(C)N(C)S(=O)(=O)c1ccc(Cl)c(CN)c1Cl. The van der Waals surface area contributed by atoms with Crippen LogP contribution < -0.4 is 5.73 Å². The van der Waals surface area contributed by atoms with Crippen LogP contribution in [-0.2, 0) is 16.6 Å². The Bertz CT molecular complexity index is 579. The Morgan fingerprint density at radius 2 is 2.00 bits per heavy atom. The highest BCUT2D eigenvalue weighted by molar-refractivity contribution is 7.98. The van der Waals surface area contributed by atoms with E-state index in [2.05, 4.69) is 0 Å². The van der Waals surface area contributed by atoms with E-state index in [-0.39, 0.29) is 22.5 Å². The largest absolute Gasteiger partial charge is 0.326 e. The van der Waals surface area contributed by atoms with Crippen LogP contribution in [0.25, 0.3) is 0 Å². The number of hydrogen-bond donors (Lipinski definition) is 1. The molecular weight excluding hydrogens is 339 g/mol. The lowest BCUT2D eigenvalue weighted by molar-refractivity contribution is 0.415. The fourth-order valence-corrected chi connectivity index (χ4v) is 4.77. The van der Waals surface area contributed by atoms with Gasteiger partial charge < -0.3 is 5.73 Å². The first-order valence-corrected chi connectivity index (χ1v) is 9.50. The average Bonchev–Trinajstić information content (AvgIpc) is 2.38. The molecule has 0 saturated carbocycles. The van der Waals surface area contributed by atoms with E-state index in [9.17, 15) is 8.42 Å². The van der Waals surface area contributed by atoms with E-state index in [1.165, 1.54) is 16.4 Å². The second kappa shape index (κ2) is 7.33. The smallest absolute Gasteiger partial charge is 0.244 e. The van der Waals surface area contributed by atoms with Crippen LogP contribution in [0.5, 0.6) is 0 Å². The third kappa shape index (κ3) is 3.61. The molecule has 0 spiro atoms. The Morgan fingerprint density at radius 1 is 1.40 bits per heavy atom. The number of thioether (sulfide) groups is 1. The molecule has 114 valence electrons. The molecule has 20 heavy (non-hydrogen) atoms. The van der Waals surface area contributed by atoms with Crippen molar-refractivity contribution in [3.63, 3.8) is 0 Å². The number of sulfonamides is 1. The minimum atomic E-state index is -3.67. The summed E-state index contributed by atoms with van der Waals surface area (Å²) in [5.41, 5.74) is 6.01. The summed E-state index contributed by atoms with van der Waals surface area (Å²) in [6.07, 6.45) is 1.93. The summed E-state index contributed by atoms with van der Waals surface area (Å²) in [6, 6.07) is 2.79. The van der Waals surface area contributed by atoms with Gasteiger partial charge in [0.25, 0.3) is 0 Å². The highest BCUT2D eigenvalue weighted by Crippen LogP contribution is 2.32. The second-order valence-corrected chi connectivity index (χ2v) is 8.03. The summed E-state index contributed by atoms with van der Waals surface area (Å²) in [4.78, 5) is 0.0412. The fraction of sp³-hybridized carbons (Fsp3) is 0.500. The van der Waals surface area contributed by atoms with Gasteiger partial charge >= 0.3 is 0 Å². The molecule has 0 fully saturated rings. The van der Waals surface area contributed by atoms with Gasteiger partial charge in [-0.05, 0) is 25.3 Å². The van der Waals surface area contributed by atoms with Gasteiger partial charge in [0.1, 0.15) is 4.90 Å². The van der Waals surface area contributed by atoms with E-state index in [0.29, 0.717) is 16.3 Å². The predicted molar refractivity (Wildman–Crippen MR) is 87.1 cm³/mol. The normalized spacial score (nSPS) is 13.8. The molecule has 1 atom stereocenters. The van der Waals surface area contributed by atoms with Crippen molar-refractivity contribution in [3.8, 4) is 0 Å². The highest BCUT2D eigenvalue weighted by atomic mass is 35.5. The second-order valence-electron chi connectivity index (χ2n) is 4.37. The van der Waals surface area contributed by atoms with Crippen molar-refractivity contribution in [1.82, 2.24) is 4.31 Å². The van der Waals surface area contributed by atoms with Crippen molar-refractivity contribution >= 4 is 45.0 Å². The minimum absolute atomic E-state index is 0.0412. The zero-order valence-corrected chi connectivity index (χ0v) is 14.7. The van der Waals surface area contributed by atoms with Crippen LogP contribution in [0.2, 0.25) is 10.0 Å². The summed E-state index contributed by atoms with van der Waals surface area (Å²) >= 11 is 13.7. The highest BCUT2D eigenvalue weighted by Gasteiger charge is 2.28. The van der Waals surface area contributed by atoms with Gasteiger partial charge in [-0.25, -0.2) is 8.42 Å². The first-order valence-electron chi connectivity index (χ1n) is 5.91. The standard InChI is InChI=1S/C12H18Cl2N2O2S2/c1-8(7-19-3)16(2)20(17,18)11-5-4-10(13)9(6-15)12(11)14/h4-5,8H,6-7,15H2,1-3H3. The molecule has 0 radical (unpaired) electrons. The van der Waals surface area contributed by atoms with E-state index in [0.717, 1.165) is 0 Å². The molecule has 0 aromatic heterocycles. The summed E-state index contributed by atoms with van der Waals surface area (Å²) in [7, 11) is -2.12. The Morgan fingerprint density at radius 3 is 2.50 bits per heavy atom. The van der Waals surface area contributed by atoms with Gasteiger partial charge in [-0.2, -0.15) is 16.1 Å². The van der Waals surface area contributed by atoms with Crippen molar-refractivity contribution < 1.29 is 8.42 Å². The lowest BCUT2D eigenvalue weighted by Crippen LogP contribution is -2.36. The molecule has 4 nitrogen and oxygen atoms in total. The van der Waals surface area contributed by atoms with Crippen molar-refractivity contribution in [2.45, 2.75) is 24.4 Å². The summed E-state index contributed by atoms with van der Waals surface area (Å²) in [5, 5.41) is 0.472. The topological polar surface area (TPSA) is 63.4 Å². The quantitative estimate of drug-likeness (QED) is 0.850. The molecular formula is C12H18Cl2N2O2S2. The fourth-order valence-electron chi connectivity index (χ4n) is 1.70. The van der Waals surface area contributed by atoms with Crippen LogP contribution in [0.3, 0.4) is 0 Å². The molecule has 1 unspecified atom stereocenters. The lowest BCUT2D eigenvalue weighted by Gasteiger charge is -2.24. The van der Waals surface area contributed by atoms with Gasteiger partial charge in [-0.15, -0.1) is 0 Å². The number of nitrogens with zero attached hydrogens (tertiary/aromatic N) is 1. The van der Waals surface area contributed by atoms with E-state index in [4.69, 9.17) is 28.9 Å². The van der Waals surface area contributed by atoms with Crippen molar-refractivity contribution in [2.75, 3.05) is 19.1 Å². The molecule has 1 aromatic rings. The minimum Gasteiger partial charge on any atom is -0.326 e. The van der Waals surface area contributed by atoms with Crippen LogP contribution >= 0.6 is 35.0 Å². The third-order valence-electron chi connectivity index (χ3n) is 3.04. The molecule has 0 aliphatic rings. The van der Waals surface area contributed by atoms with Crippen LogP contribution in [0.4, 0.5) is 0 Å². The number of halogens is 2. The Labute approximate surface area is 134 Å². The Balaban J connectivity index is 3.29. The molecule has 0 heterocycles. The van der Waals surface area contributed by atoms with E-state index in [1.807, 2.05) is 13.2 Å². The van der Waals surface area contributed by atoms with E-state index < -0.39 is 10.0 Å². The predicted octanol–water partition coefficient (Wildman–Crippen LogP) is 2.82. The first kappa shape index (κ1) is 18.1. The van der Waals surface area contributed by atoms with Crippen LogP contribution in [0, 0.1) is 0 Å². The first-order chi connectivity index (χ1) is 9.27. The molecule has 8 heteroatoms. The number of rotatable bonds is 6. The van der Waals surface area contributed by atoms with Crippen molar-refractivity contribution in [1.29, 1.82) is 0 Å². The van der Waals surface area contributed by atoms with Gasteiger partial charge in [0.15, 0.2) is 0 Å². The number of benzene rings is 1. The maximum Gasteiger partial charge on any atom is 0.244 e. The number of nitrogens with two attached hydrogens (primary N) is 1. The van der Waals surface area contributed by atoms with E-state index in [1.54, 1.807) is 18.8 Å². The molecule has 0 saturated heterocycles. The molecule has 0 bridgehead atoms. The molecule has 0 amide bonds. The van der Waals surface area contributed by atoms with Crippen LogP contribution in [0.1, 0.15) is 12.5 Å². The molecule has 1 rings (SSSR count). The lowest BCUT2D eigenvalue weighted by atomic mass is 10.2. The maximum absolute atomic E-state index is 12.6. The van der Waals surface area contributed by atoms with Crippen LogP contribution in [0.15, 0.2) is 17.0 Å². The summed E-state index contributed by atoms with van der Waals surface area (Å²) in [6.45, 7) is 1.94. The third-order valence-corrected chi connectivity index (χ3v) is 6.77. The van der Waals surface area contributed by atoms with E-state index >= 15 is 0 Å². The molecule has 2 N–H and O–H groups in total. The Kier molecular flexibility index (Phi) is 6.63. The monoisotopic (exact) mass is 356 g/mol. The average molecular weight is 357 g/mol. The Hall–Kier alpha value is 0.0200. The van der Waals surface area contributed by atoms with Gasteiger partial charge in [0.05, 0.1) is 5.02 Å².